The van der Waals surface area contributed by atoms with E-state index in [0.29, 0.717) is 0 Å². The second kappa shape index (κ2) is 5.52. The van der Waals surface area contributed by atoms with E-state index in [1.54, 1.807) is 0 Å². The fraction of sp³-hybridized carbons (Fsp3) is 0.154. The normalized spacial score (nSPS) is 9.40. The first-order chi connectivity index (χ1) is 6.86. The van der Waals surface area contributed by atoms with Gasteiger partial charge in [0.2, 0.25) is 0 Å². The molecule has 2 heteroatoms. The third-order valence-electron chi connectivity index (χ3n) is 2.36. The Labute approximate surface area is 96.8 Å². The zero-order chi connectivity index (χ0) is 9.80. The Bertz CT molecular complexity index is 412. The number of rotatable bonds is 2. The standard InChI is InChI=1S/C13H14N.ClH/c1-12-7-5-6-10-14(12)11-13-8-3-2-4-9-13;/h2-10H,11H2,1H3;1H/q+1;/p-1. The molecule has 0 bridgehead atoms. The second-order valence-corrected chi connectivity index (χ2v) is 3.46. The van der Waals surface area contributed by atoms with Crippen LogP contribution in [-0.4, -0.2) is 0 Å². The summed E-state index contributed by atoms with van der Waals surface area (Å²) in [5, 5.41) is 0. The highest BCUT2D eigenvalue weighted by Gasteiger charge is 2.04. The molecule has 0 saturated heterocycles. The molecule has 1 heterocycles. The number of pyridine rings is 1. The lowest BCUT2D eigenvalue weighted by molar-refractivity contribution is -0.694. The van der Waals surface area contributed by atoms with Crippen LogP contribution in [0.15, 0.2) is 54.7 Å². The number of nitrogens with zero attached hydrogens (tertiary/aromatic N) is 1. The van der Waals surface area contributed by atoms with Crippen molar-refractivity contribution in [2.45, 2.75) is 13.5 Å². The van der Waals surface area contributed by atoms with Crippen LogP contribution in [0, 0.1) is 6.92 Å². The van der Waals surface area contributed by atoms with Crippen molar-refractivity contribution in [2.24, 2.45) is 0 Å². The highest BCUT2D eigenvalue weighted by Crippen LogP contribution is 1.98. The van der Waals surface area contributed by atoms with Crippen LogP contribution < -0.4 is 17.0 Å². The Balaban J connectivity index is 0.00000112. The maximum absolute atomic E-state index is 2.25. The molecule has 0 aliphatic heterocycles. The molecule has 0 unspecified atom stereocenters. The van der Waals surface area contributed by atoms with E-state index in [-0.39, 0.29) is 12.4 Å². The summed E-state index contributed by atoms with van der Waals surface area (Å²) in [5.74, 6) is 0. The third-order valence-corrected chi connectivity index (χ3v) is 2.36. The zero-order valence-corrected chi connectivity index (χ0v) is 9.48. The van der Waals surface area contributed by atoms with Crippen molar-refractivity contribution in [1.29, 1.82) is 0 Å². The van der Waals surface area contributed by atoms with Crippen molar-refractivity contribution in [3.8, 4) is 0 Å². The van der Waals surface area contributed by atoms with E-state index in [9.17, 15) is 0 Å². The quantitative estimate of drug-likeness (QED) is 0.591. The van der Waals surface area contributed by atoms with E-state index in [0.717, 1.165) is 6.54 Å². The predicted molar refractivity (Wildman–Crippen MR) is 56.9 cm³/mol. The number of aromatic nitrogens is 1. The highest BCUT2D eigenvalue weighted by atomic mass is 35.5. The van der Waals surface area contributed by atoms with E-state index in [1.165, 1.54) is 11.3 Å². The van der Waals surface area contributed by atoms with Gasteiger partial charge in [-0.05, 0) is 0 Å². The van der Waals surface area contributed by atoms with E-state index in [1.807, 2.05) is 6.07 Å². The van der Waals surface area contributed by atoms with Crippen molar-refractivity contribution in [3.05, 3.63) is 66.0 Å². The Kier molecular flexibility index (Phi) is 4.32. The molecule has 0 aliphatic rings. The first-order valence-corrected chi connectivity index (χ1v) is 4.85. The molecule has 2 rings (SSSR count). The lowest BCUT2D eigenvalue weighted by atomic mass is 10.2. The monoisotopic (exact) mass is 219 g/mol. The third kappa shape index (κ3) is 3.07. The molecule has 0 saturated carbocycles. The van der Waals surface area contributed by atoms with E-state index < -0.39 is 0 Å². The largest absolute Gasteiger partial charge is 1.00 e. The molecule has 0 radical (unpaired) electrons. The van der Waals surface area contributed by atoms with E-state index in [2.05, 4.69) is 60.2 Å². The summed E-state index contributed by atoms with van der Waals surface area (Å²) in [7, 11) is 0. The molecule has 0 aliphatic carbocycles. The molecule has 2 aromatic rings. The van der Waals surface area contributed by atoms with Gasteiger partial charge in [-0.2, -0.15) is 4.57 Å². The average Bonchev–Trinajstić information content (AvgIpc) is 2.23. The Morgan fingerprint density at radius 2 is 1.60 bits per heavy atom. The first kappa shape index (κ1) is 11.7. The van der Waals surface area contributed by atoms with Gasteiger partial charge in [-0.15, -0.1) is 0 Å². The van der Waals surface area contributed by atoms with E-state index >= 15 is 0 Å². The molecule has 0 fully saturated rings. The fourth-order valence-corrected chi connectivity index (χ4v) is 1.52. The van der Waals surface area contributed by atoms with Crippen LogP contribution in [0.4, 0.5) is 0 Å². The number of aryl methyl sites for hydroxylation is 1. The maximum atomic E-state index is 2.25. The van der Waals surface area contributed by atoms with Gasteiger partial charge in [0.15, 0.2) is 18.4 Å². The number of halogens is 1. The van der Waals surface area contributed by atoms with Gasteiger partial charge in [0, 0.05) is 24.6 Å². The SMILES string of the molecule is Cc1cccc[n+]1Cc1ccccc1.[Cl-]. The highest BCUT2D eigenvalue weighted by molar-refractivity contribution is 5.13. The minimum Gasteiger partial charge on any atom is -1.00 e. The molecule has 0 N–H and O–H groups in total. The summed E-state index contributed by atoms with van der Waals surface area (Å²) in [5.41, 5.74) is 2.63. The van der Waals surface area contributed by atoms with Crippen LogP contribution in [0.2, 0.25) is 0 Å². The van der Waals surface area contributed by atoms with Gasteiger partial charge in [0.1, 0.15) is 0 Å². The summed E-state index contributed by atoms with van der Waals surface area (Å²) in [6, 6.07) is 16.8. The van der Waals surface area contributed by atoms with Crippen LogP contribution in [0.25, 0.3) is 0 Å². The molecule has 1 aromatic heterocycles. The van der Waals surface area contributed by atoms with Gasteiger partial charge in [-0.3, -0.25) is 0 Å². The Hall–Kier alpha value is -1.34. The smallest absolute Gasteiger partial charge is 0.178 e. The Morgan fingerprint density at radius 3 is 2.27 bits per heavy atom. The summed E-state index contributed by atoms with van der Waals surface area (Å²) < 4.78 is 2.25. The van der Waals surface area contributed by atoms with Crippen LogP contribution in [0.3, 0.4) is 0 Å². The molecule has 78 valence electrons. The molecule has 1 aromatic carbocycles. The van der Waals surface area contributed by atoms with E-state index in [4.69, 9.17) is 0 Å². The average molecular weight is 220 g/mol. The first-order valence-electron chi connectivity index (χ1n) is 4.85. The van der Waals surface area contributed by atoms with Crippen LogP contribution in [0.1, 0.15) is 11.3 Å². The van der Waals surface area contributed by atoms with Crippen LogP contribution in [0.5, 0.6) is 0 Å². The lowest BCUT2D eigenvalue weighted by Crippen LogP contribution is -3.00. The van der Waals surface area contributed by atoms with Crippen LogP contribution in [-0.2, 0) is 6.54 Å². The van der Waals surface area contributed by atoms with Crippen molar-refractivity contribution in [2.75, 3.05) is 0 Å². The molecule has 15 heavy (non-hydrogen) atoms. The molecule has 0 amide bonds. The predicted octanol–water partition coefficient (Wildman–Crippen LogP) is -0.665. The lowest BCUT2D eigenvalue weighted by Gasteiger charge is -1.99. The number of hydrogen-bond acceptors (Lipinski definition) is 0. The van der Waals surface area contributed by atoms with Gasteiger partial charge in [0.25, 0.3) is 0 Å². The second-order valence-electron chi connectivity index (χ2n) is 3.46. The number of benzene rings is 1. The molecular weight excluding hydrogens is 206 g/mol. The molecule has 0 spiro atoms. The fourth-order valence-electron chi connectivity index (χ4n) is 1.52. The zero-order valence-electron chi connectivity index (χ0n) is 8.73. The maximum Gasteiger partial charge on any atom is 0.178 e. The molecule has 1 nitrogen and oxygen atoms in total. The minimum atomic E-state index is 0. The van der Waals surface area contributed by atoms with Crippen molar-refractivity contribution in [3.63, 3.8) is 0 Å². The van der Waals surface area contributed by atoms with Gasteiger partial charge in [-0.1, -0.05) is 36.4 Å². The minimum absolute atomic E-state index is 0. The molecule has 0 atom stereocenters. The topological polar surface area (TPSA) is 3.88 Å². The summed E-state index contributed by atoms with van der Waals surface area (Å²) in [6.45, 7) is 3.08. The summed E-state index contributed by atoms with van der Waals surface area (Å²) in [4.78, 5) is 0. The van der Waals surface area contributed by atoms with Crippen molar-refractivity contribution >= 4 is 0 Å². The summed E-state index contributed by atoms with van der Waals surface area (Å²) >= 11 is 0. The number of hydrogen-bond donors (Lipinski definition) is 0. The van der Waals surface area contributed by atoms with Crippen molar-refractivity contribution < 1.29 is 17.0 Å². The van der Waals surface area contributed by atoms with Crippen molar-refractivity contribution in [1.82, 2.24) is 0 Å². The Morgan fingerprint density at radius 1 is 0.933 bits per heavy atom. The van der Waals surface area contributed by atoms with Gasteiger partial charge in [0.05, 0.1) is 0 Å². The van der Waals surface area contributed by atoms with Gasteiger partial charge in [-0.25, -0.2) is 0 Å². The summed E-state index contributed by atoms with van der Waals surface area (Å²) in [6.07, 6.45) is 2.11. The van der Waals surface area contributed by atoms with Gasteiger partial charge < -0.3 is 12.4 Å². The molecular formula is C13H14ClN. The van der Waals surface area contributed by atoms with Gasteiger partial charge >= 0.3 is 0 Å². The van der Waals surface area contributed by atoms with Crippen LogP contribution >= 0.6 is 0 Å².